The van der Waals surface area contributed by atoms with Gasteiger partial charge in [-0.1, -0.05) is 19.3 Å². The van der Waals surface area contributed by atoms with Crippen LogP contribution in [-0.2, 0) is 4.79 Å². The van der Waals surface area contributed by atoms with Crippen molar-refractivity contribution in [3.63, 3.8) is 0 Å². The monoisotopic (exact) mass is 250 g/mol. The van der Waals surface area contributed by atoms with Crippen molar-refractivity contribution in [1.82, 2.24) is 5.32 Å². The summed E-state index contributed by atoms with van der Waals surface area (Å²) in [6.45, 7) is 0.556. The maximum absolute atomic E-state index is 11.8. The van der Waals surface area contributed by atoms with Gasteiger partial charge in [-0.2, -0.15) is 0 Å². The molecule has 102 valence electrons. The van der Waals surface area contributed by atoms with Gasteiger partial charge in [0.2, 0.25) is 5.91 Å². The molecule has 0 heterocycles. The van der Waals surface area contributed by atoms with Crippen molar-refractivity contribution in [2.75, 3.05) is 6.54 Å². The SMILES string of the molecule is C#CCCCCC(=O)NC(CN)C1CCCCC1. The highest BCUT2D eigenvalue weighted by Crippen LogP contribution is 2.26. The van der Waals surface area contributed by atoms with Crippen LogP contribution in [0.5, 0.6) is 0 Å². The Morgan fingerprint density at radius 1 is 1.33 bits per heavy atom. The Morgan fingerprint density at radius 2 is 2.06 bits per heavy atom. The van der Waals surface area contributed by atoms with Crippen LogP contribution in [0, 0.1) is 18.3 Å². The van der Waals surface area contributed by atoms with Gasteiger partial charge in [0, 0.05) is 25.4 Å². The van der Waals surface area contributed by atoms with Crippen LogP contribution in [-0.4, -0.2) is 18.5 Å². The Morgan fingerprint density at radius 3 is 2.67 bits per heavy atom. The van der Waals surface area contributed by atoms with Crippen molar-refractivity contribution in [2.24, 2.45) is 11.7 Å². The fraction of sp³-hybridized carbons (Fsp3) is 0.800. The number of nitrogens with two attached hydrogens (primary N) is 1. The molecule has 0 aliphatic heterocycles. The van der Waals surface area contributed by atoms with E-state index in [0.717, 1.165) is 19.3 Å². The Labute approximate surface area is 111 Å². The smallest absolute Gasteiger partial charge is 0.220 e. The molecule has 1 amide bonds. The number of terminal acetylenes is 1. The summed E-state index contributed by atoms with van der Waals surface area (Å²) in [5.41, 5.74) is 5.79. The van der Waals surface area contributed by atoms with Crippen molar-refractivity contribution in [1.29, 1.82) is 0 Å². The van der Waals surface area contributed by atoms with Gasteiger partial charge in [-0.3, -0.25) is 4.79 Å². The summed E-state index contributed by atoms with van der Waals surface area (Å²) in [7, 11) is 0. The number of rotatable bonds is 7. The Kier molecular flexibility index (Phi) is 7.52. The first-order valence-corrected chi connectivity index (χ1v) is 7.20. The number of nitrogens with one attached hydrogen (secondary N) is 1. The van der Waals surface area contributed by atoms with Crippen LogP contribution in [0.25, 0.3) is 0 Å². The van der Waals surface area contributed by atoms with Gasteiger partial charge >= 0.3 is 0 Å². The molecule has 1 atom stereocenters. The minimum absolute atomic E-state index is 0.132. The van der Waals surface area contributed by atoms with Crippen LogP contribution in [0.3, 0.4) is 0 Å². The predicted octanol–water partition coefficient (Wildman–Crippen LogP) is 2.20. The average Bonchev–Trinajstić information content (AvgIpc) is 2.42. The molecule has 3 nitrogen and oxygen atoms in total. The molecule has 0 spiro atoms. The van der Waals surface area contributed by atoms with Gasteiger partial charge in [0.15, 0.2) is 0 Å². The van der Waals surface area contributed by atoms with Crippen molar-refractivity contribution in [3.8, 4) is 12.3 Å². The normalized spacial score (nSPS) is 18.0. The Balaban J connectivity index is 2.24. The summed E-state index contributed by atoms with van der Waals surface area (Å²) >= 11 is 0. The molecule has 0 aromatic carbocycles. The molecule has 0 saturated heterocycles. The average molecular weight is 250 g/mol. The fourth-order valence-electron chi connectivity index (χ4n) is 2.70. The number of carbonyl (C=O) groups is 1. The summed E-state index contributed by atoms with van der Waals surface area (Å²) < 4.78 is 0. The quantitative estimate of drug-likeness (QED) is 0.537. The first-order valence-electron chi connectivity index (χ1n) is 7.20. The van der Waals surface area contributed by atoms with E-state index in [0.29, 0.717) is 18.9 Å². The summed E-state index contributed by atoms with van der Waals surface area (Å²) in [5, 5.41) is 3.10. The van der Waals surface area contributed by atoms with E-state index in [1.807, 2.05) is 0 Å². The number of hydrogen-bond acceptors (Lipinski definition) is 2. The van der Waals surface area contributed by atoms with Gasteiger partial charge in [-0.25, -0.2) is 0 Å². The third kappa shape index (κ3) is 5.55. The first-order chi connectivity index (χ1) is 8.77. The first kappa shape index (κ1) is 15.0. The van der Waals surface area contributed by atoms with Crippen molar-refractivity contribution in [2.45, 2.75) is 63.8 Å². The van der Waals surface area contributed by atoms with Crippen LogP contribution in [0.15, 0.2) is 0 Å². The van der Waals surface area contributed by atoms with Gasteiger partial charge in [0.25, 0.3) is 0 Å². The topological polar surface area (TPSA) is 55.1 Å². The molecule has 1 rings (SSSR count). The number of hydrogen-bond donors (Lipinski definition) is 2. The molecular formula is C15H26N2O. The van der Waals surface area contributed by atoms with Gasteiger partial charge in [-0.15, -0.1) is 12.3 Å². The van der Waals surface area contributed by atoms with Crippen LogP contribution in [0.2, 0.25) is 0 Å². The van der Waals surface area contributed by atoms with Crippen LogP contribution < -0.4 is 11.1 Å². The third-order valence-electron chi connectivity index (χ3n) is 3.79. The van der Waals surface area contributed by atoms with E-state index >= 15 is 0 Å². The maximum Gasteiger partial charge on any atom is 0.220 e. The van der Waals surface area contributed by atoms with Gasteiger partial charge in [0.1, 0.15) is 0 Å². The van der Waals surface area contributed by atoms with Crippen LogP contribution >= 0.6 is 0 Å². The Hall–Kier alpha value is -1.01. The highest BCUT2D eigenvalue weighted by molar-refractivity contribution is 5.76. The lowest BCUT2D eigenvalue weighted by molar-refractivity contribution is -0.122. The molecule has 1 aliphatic carbocycles. The largest absolute Gasteiger partial charge is 0.352 e. The second kappa shape index (κ2) is 8.99. The highest BCUT2D eigenvalue weighted by atomic mass is 16.1. The second-order valence-electron chi connectivity index (χ2n) is 5.22. The standard InChI is InChI=1S/C15H26N2O/c1-2-3-4-8-11-15(18)17-14(12-16)13-9-6-5-7-10-13/h1,13-14H,3-12,16H2,(H,17,18). The van der Waals surface area contributed by atoms with Gasteiger partial charge < -0.3 is 11.1 Å². The van der Waals surface area contributed by atoms with E-state index in [1.165, 1.54) is 32.1 Å². The molecule has 0 radical (unpaired) electrons. The molecule has 1 saturated carbocycles. The molecule has 3 heteroatoms. The maximum atomic E-state index is 11.8. The fourth-order valence-corrected chi connectivity index (χ4v) is 2.70. The number of carbonyl (C=O) groups excluding carboxylic acids is 1. The summed E-state index contributed by atoms with van der Waals surface area (Å²) in [5.74, 6) is 3.31. The zero-order chi connectivity index (χ0) is 13.2. The van der Waals surface area contributed by atoms with Crippen molar-refractivity contribution < 1.29 is 4.79 Å². The molecule has 1 unspecified atom stereocenters. The molecule has 1 fully saturated rings. The highest BCUT2D eigenvalue weighted by Gasteiger charge is 2.23. The minimum Gasteiger partial charge on any atom is -0.352 e. The van der Waals surface area contributed by atoms with Crippen LogP contribution in [0.4, 0.5) is 0 Å². The molecule has 18 heavy (non-hydrogen) atoms. The summed E-state index contributed by atoms with van der Waals surface area (Å²) in [6, 6.07) is 0.172. The minimum atomic E-state index is 0.132. The molecule has 0 bridgehead atoms. The molecule has 1 aliphatic rings. The van der Waals surface area contributed by atoms with E-state index < -0.39 is 0 Å². The van der Waals surface area contributed by atoms with Gasteiger partial charge in [-0.05, 0) is 31.6 Å². The van der Waals surface area contributed by atoms with Gasteiger partial charge in [0.05, 0.1) is 0 Å². The van der Waals surface area contributed by atoms with E-state index in [1.54, 1.807) is 0 Å². The van der Waals surface area contributed by atoms with Crippen molar-refractivity contribution >= 4 is 5.91 Å². The zero-order valence-corrected chi connectivity index (χ0v) is 11.3. The number of unbranched alkanes of at least 4 members (excludes halogenated alkanes) is 2. The lowest BCUT2D eigenvalue weighted by Crippen LogP contribution is -2.45. The van der Waals surface area contributed by atoms with E-state index in [9.17, 15) is 4.79 Å². The predicted molar refractivity (Wildman–Crippen MR) is 74.9 cm³/mol. The van der Waals surface area contributed by atoms with Crippen LogP contribution in [0.1, 0.15) is 57.8 Å². The Bertz CT molecular complexity index is 277. The van der Waals surface area contributed by atoms with E-state index in [2.05, 4.69) is 11.2 Å². The van der Waals surface area contributed by atoms with E-state index in [-0.39, 0.29) is 11.9 Å². The number of amides is 1. The lowest BCUT2D eigenvalue weighted by atomic mass is 9.84. The molecule has 0 aromatic heterocycles. The second-order valence-corrected chi connectivity index (χ2v) is 5.22. The van der Waals surface area contributed by atoms with E-state index in [4.69, 9.17) is 12.2 Å². The van der Waals surface area contributed by atoms with Crippen molar-refractivity contribution in [3.05, 3.63) is 0 Å². The third-order valence-corrected chi connectivity index (χ3v) is 3.79. The molecule has 3 N–H and O–H groups in total. The summed E-state index contributed by atoms with van der Waals surface area (Å²) in [6.07, 6.45) is 14.6. The lowest BCUT2D eigenvalue weighted by Gasteiger charge is -2.30. The zero-order valence-electron chi connectivity index (χ0n) is 11.3. The molecule has 0 aromatic rings. The summed E-state index contributed by atoms with van der Waals surface area (Å²) in [4.78, 5) is 11.8. The molecular weight excluding hydrogens is 224 g/mol.